The first-order chi connectivity index (χ1) is 19.2. The fourth-order valence-electron chi connectivity index (χ4n) is 5.45. The first-order valence-electron chi connectivity index (χ1n) is 13.5. The van der Waals surface area contributed by atoms with Crippen LogP contribution >= 0.6 is 0 Å². The van der Waals surface area contributed by atoms with E-state index in [1.54, 1.807) is 0 Å². The van der Waals surface area contributed by atoms with Gasteiger partial charge in [0.15, 0.2) is 0 Å². The van der Waals surface area contributed by atoms with Crippen LogP contribution in [0.2, 0.25) is 0 Å². The Hall–Kier alpha value is -4.46. The van der Waals surface area contributed by atoms with Crippen LogP contribution in [0.4, 0.5) is 0 Å². The van der Waals surface area contributed by atoms with E-state index in [-0.39, 0.29) is 24.8 Å². The van der Waals surface area contributed by atoms with Gasteiger partial charge in [-0.2, -0.15) is 0 Å². The minimum absolute atomic E-state index is 0.248. The molecule has 0 spiro atoms. The van der Waals surface area contributed by atoms with Gasteiger partial charge in [-0.15, -0.1) is 0 Å². The summed E-state index contributed by atoms with van der Waals surface area (Å²) >= 11 is 0. The summed E-state index contributed by atoms with van der Waals surface area (Å²) in [5.74, 6) is -0.495. The quantitative estimate of drug-likeness (QED) is 0.247. The minimum Gasteiger partial charge on any atom is -0.469 e. The normalized spacial score (nSPS) is 12.2. The Morgan fingerprint density at radius 1 is 0.625 bits per heavy atom. The number of fused-ring (bicyclic) bond motifs is 8. The maximum Gasteiger partial charge on any atom is 0.305 e. The summed E-state index contributed by atoms with van der Waals surface area (Å²) in [4.78, 5) is 38.4. The van der Waals surface area contributed by atoms with Crippen LogP contribution in [-0.2, 0) is 31.9 Å². The van der Waals surface area contributed by atoms with Gasteiger partial charge < -0.3 is 29.4 Å². The van der Waals surface area contributed by atoms with E-state index in [1.807, 2.05) is 0 Å². The molecule has 4 aromatic heterocycles. The van der Waals surface area contributed by atoms with Crippen molar-refractivity contribution in [1.29, 1.82) is 0 Å². The summed E-state index contributed by atoms with van der Waals surface area (Å²) in [6.45, 7) is 8.34. The molecular weight excluding hydrogens is 504 g/mol. The third-order valence-corrected chi connectivity index (χ3v) is 7.84. The van der Waals surface area contributed by atoms with E-state index >= 15 is 0 Å². The molecule has 5 rings (SSSR count). The van der Waals surface area contributed by atoms with Crippen LogP contribution in [0.5, 0.6) is 0 Å². The molecule has 1 aliphatic rings. The fourth-order valence-corrected chi connectivity index (χ4v) is 5.45. The van der Waals surface area contributed by atoms with Gasteiger partial charge in [0.2, 0.25) is 0 Å². The van der Waals surface area contributed by atoms with Crippen LogP contribution in [0.3, 0.4) is 0 Å². The first-order valence-corrected chi connectivity index (χ1v) is 13.5. The molecule has 0 fully saturated rings. The van der Waals surface area contributed by atoms with Gasteiger partial charge in [-0.05, 0) is 110 Å². The number of hydrogen-bond donors (Lipinski definition) is 4. The molecule has 0 saturated carbocycles. The monoisotopic (exact) mass is 540 g/mol. The van der Waals surface area contributed by atoms with Gasteiger partial charge in [-0.25, -0.2) is 0 Å². The van der Waals surface area contributed by atoms with Gasteiger partial charge in [-0.1, -0.05) is 0 Å². The van der Waals surface area contributed by atoms with Gasteiger partial charge in [0.1, 0.15) is 0 Å². The topological polar surface area (TPSA) is 116 Å². The van der Waals surface area contributed by atoms with Crippen molar-refractivity contribution in [2.75, 3.05) is 14.2 Å². The Balaban J connectivity index is 1.80. The highest BCUT2D eigenvalue weighted by atomic mass is 16.5. The van der Waals surface area contributed by atoms with Crippen molar-refractivity contribution in [2.24, 2.45) is 0 Å². The summed E-state index contributed by atoms with van der Waals surface area (Å²) in [6.07, 6.45) is 10.1. The van der Waals surface area contributed by atoms with Gasteiger partial charge in [0.25, 0.3) is 0 Å². The lowest BCUT2D eigenvalue weighted by Gasteiger charge is -2.03. The number of methoxy groups -OCH3 is 2. The summed E-state index contributed by atoms with van der Waals surface area (Å²) in [5.41, 5.74) is 10.5. The molecular formula is C32H36N4O4. The third kappa shape index (κ3) is 5.34. The van der Waals surface area contributed by atoms with Gasteiger partial charge in [0.05, 0.1) is 14.2 Å². The molecule has 8 nitrogen and oxygen atoms in total. The minimum atomic E-state index is -0.248. The number of carbonyl (C=O) groups excluding carboxylic acids is 2. The molecule has 4 N–H and O–H groups in total. The van der Waals surface area contributed by atoms with Crippen LogP contribution in [0.25, 0.3) is 24.3 Å². The van der Waals surface area contributed by atoms with E-state index in [0.29, 0.717) is 12.8 Å². The summed E-state index contributed by atoms with van der Waals surface area (Å²) in [6, 6.07) is 4.28. The zero-order chi connectivity index (χ0) is 28.6. The lowest BCUT2D eigenvalue weighted by molar-refractivity contribution is -0.141. The van der Waals surface area contributed by atoms with Crippen LogP contribution in [-0.4, -0.2) is 46.1 Å². The summed E-state index contributed by atoms with van der Waals surface area (Å²) in [7, 11) is 2.82. The van der Waals surface area contributed by atoms with E-state index < -0.39 is 0 Å². The maximum atomic E-state index is 12.1. The molecule has 5 heterocycles. The molecule has 8 bridgehead atoms. The SMILES string of the molecule is COC(=O)CCc1c2[nH]c(c1C)C=c1[nH]c(cc1C)=Cc1[nH]c(cc1C)C=c1[nH]c(c(CCC(=O)OC)c1C)=C2. The van der Waals surface area contributed by atoms with Crippen LogP contribution in [0.15, 0.2) is 12.1 Å². The predicted molar refractivity (Wildman–Crippen MR) is 156 cm³/mol. The van der Waals surface area contributed by atoms with Crippen molar-refractivity contribution in [3.05, 3.63) is 89.7 Å². The van der Waals surface area contributed by atoms with E-state index in [9.17, 15) is 9.59 Å². The second-order valence-corrected chi connectivity index (χ2v) is 10.5. The molecule has 0 aliphatic carbocycles. The molecule has 0 radical (unpaired) electrons. The highest BCUT2D eigenvalue weighted by Gasteiger charge is 2.16. The molecule has 0 unspecified atom stereocenters. The number of carbonyl (C=O) groups is 2. The Morgan fingerprint density at radius 3 is 2.00 bits per heavy atom. The number of rotatable bonds is 6. The third-order valence-electron chi connectivity index (χ3n) is 7.84. The zero-order valence-corrected chi connectivity index (χ0v) is 23.9. The van der Waals surface area contributed by atoms with Gasteiger partial charge in [-0.3, -0.25) is 9.59 Å². The Labute approximate surface area is 232 Å². The fraction of sp³-hybridized carbons (Fsp3) is 0.312. The summed E-state index contributed by atoms with van der Waals surface area (Å²) < 4.78 is 9.85. The van der Waals surface area contributed by atoms with E-state index in [4.69, 9.17) is 9.47 Å². The highest BCUT2D eigenvalue weighted by molar-refractivity contribution is 5.71. The first kappa shape index (κ1) is 27.1. The Bertz CT molecular complexity index is 1860. The highest BCUT2D eigenvalue weighted by Crippen LogP contribution is 2.22. The van der Waals surface area contributed by atoms with Crippen molar-refractivity contribution in [3.63, 3.8) is 0 Å². The van der Waals surface area contributed by atoms with Crippen molar-refractivity contribution in [3.8, 4) is 0 Å². The number of hydrogen-bond acceptors (Lipinski definition) is 4. The second kappa shape index (κ2) is 11.0. The average Bonchev–Trinajstić information content (AvgIpc) is 3.62. The predicted octanol–water partition coefficient (Wildman–Crippen LogP) is 2.07. The molecule has 0 saturated heterocycles. The van der Waals surface area contributed by atoms with E-state index in [0.717, 1.165) is 77.6 Å². The number of aryl methyl sites for hydroxylation is 2. The maximum absolute atomic E-state index is 12.1. The van der Waals surface area contributed by atoms with E-state index in [1.165, 1.54) is 14.2 Å². The summed E-state index contributed by atoms with van der Waals surface area (Å²) in [5, 5.41) is 3.91. The standard InChI is InChI=1S/C32H36N4O4/c1-17-11-22-14-27-19(3)23(7-9-31(37)39-5)29(35-27)16-30-24(8-10-32(38)40-6)20(4)28(36-30)15-26-18(2)12-21(34-26)13-25(17)33-22/h11-16,33-36H,7-10H2,1-6H3. The van der Waals surface area contributed by atoms with Crippen LogP contribution in [0.1, 0.15) is 69.0 Å². The molecule has 0 aromatic carbocycles. The molecule has 0 atom stereocenters. The molecule has 1 aliphatic heterocycles. The lowest BCUT2D eigenvalue weighted by Crippen LogP contribution is -2.14. The number of H-pyrrole nitrogens is 4. The van der Waals surface area contributed by atoms with Crippen LogP contribution < -0.4 is 21.4 Å². The molecule has 0 amide bonds. The number of aromatic amines is 4. The average molecular weight is 541 g/mol. The van der Waals surface area contributed by atoms with Crippen molar-refractivity contribution >= 4 is 36.2 Å². The van der Waals surface area contributed by atoms with Crippen molar-refractivity contribution < 1.29 is 19.1 Å². The van der Waals surface area contributed by atoms with Crippen LogP contribution in [0, 0.1) is 27.7 Å². The molecule has 40 heavy (non-hydrogen) atoms. The number of aromatic nitrogens is 4. The van der Waals surface area contributed by atoms with Crippen molar-refractivity contribution in [1.82, 2.24) is 19.9 Å². The lowest BCUT2D eigenvalue weighted by atomic mass is 10.0. The molecule has 4 aromatic rings. The smallest absolute Gasteiger partial charge is 0.305 e. The van der Waals surface area contributed by atoms with Gasteiger partial charge in [0, 0.05) is 57.0 Å². The number of ether oxygens (including phenoxy) is 2. The Morgan fingerprint density at radius 2 is 1.30 bits per heavy atom. The van der Waals surface area contributed by atoms with Gasteiger partial charge >= 0.3 is 11.9 Å². The largest absolute Gasteiger partial charge is 0.469 e. The second-order valence-electron chi connectivity index (χ2n) is 10.5. The molecule has 8 heteroatoms. The van der Waals surface area contributed by atoms with Crippen molar-refractivity contribution in [2.45, 2.75) is 53.4 Å². The number of esters is 2. The number of nitrogens with one attached hydrogen (secondary N) is 4. The molecule has 208 valence electrons. The van der Waals surface area contributed by atoms with E-state index in [2.05, 4.69) is 84.1 Å². The zero-order valence-electron chi connectivity index (χ0n) is 23.9. The Kier molecular flexibility index (Phi) is 7.43.